The lowest BCUT2D eigenvalue weighted by molar-refractivity contribution is -0.142. The van der Waals surface area contributed by atoms with Crippen molar-refractivity contribution in [2.24, 2.45) is 0 Å². The molecule has 2 aromatic heterocycles. The highest BCUT2D eigenvalue weighted by Gasteiger charge is 2.11. The summed E-state index contributed by atoms with van der Waals surface area (Å²) < 4.78 is 11.1. The molecule has 0 saturated carbocycles. The molecule has 0 aliphatic rings. The summed E-state index contributed by atoms with van der Waals surface area (Å²) in [5.41, 5.74) is 4.14. The van der Waals surface area contributed by atoms with Crippen molar-refractivity contribution in [1.82, 2.24) is 4.98 Å². The molecular weight excluding hydrogens is 370 g/mol. The second kappa shape index (κ2) is 8.05. The SMILES string of the molecule is CCOC(=O)Cc1csc(SCc2cc(=O)oc3cc(C)c(C)cc23)n1. The van der Waals surface area contributed by atoms with Crippen LogP contribution in [0.15, 0.2) is 37.1 Å². The summed E-state index contributed by atoms with van der Waals surface area (Å²) in [6.07, 6.45) is 0.182. The molecule has 136 valence electrons. The number of carbonyl (C=O) groups excluding carboxylic acids is 1. The third kappa shape index (κ3) is 4.34. The van der Waals surface area contributed by atoms with Gasteiger partial charge in [0.25, 0.3) is 0 Å². The molecule has 0 aliphatic carbocycles. The maximum atomic E-state index is 11.9. The smallest absolute Gasteiger partial charge is 0.336 e. The molecule has 5 nitrogen and oxygen atoms in total. The van der Waals surface area contributed by atoms with Crippen LogP contribution < -0.4 is 5.63 Å². The van der Waals surface area contributed by atoms with Crippen LogP contribution in [0.3, 0.4) is 0 Å². The topological polar surface area (TPSA) is 69.4 Å². The van der Waals surface area contributed by atoms with Crippen LogP contribution >= 0.6 is 23.1 Å². The third-order valence-corrected chi connectivity index (χ3v) is 6.08. The molecular formula is C19H19NO4S2. The zero-order valence-electron chi connectivity index (χ0n) is 14.8. The van der Waals surface area contributed by atoms with E-state index in [-0.39, 0.29) is 18.0 Å². The molecule has 3 rings (SSSR count). The van der Waals surface area contributed by atoms with Crippen molar-refractivity contribution in [2.45, 2.75) is 37.3 Å². The van der Waals surface area contributed by atoms with Gasteiger partial charge >= 0.3 is 11.6 Å². The van der Waals surface area contributed by atoms with E-state index in [1.807, 2.05) is 25.3 Å². The highest BCUT2D eigenvalue weighted by Crippen LogP contribution is 2.30. The van der Waals surface area contributed by atoms with E-state index in [1.165, 1.54) is 17.4 Å². The van der Waals surface area contributed by atoms with Crippen LogP contribution in [0.2, 0.25) is 0 Å². The van der Waals surface area contributed by atoms with Crippen LogP contribution in [0.1, 0.15) is 29.3 Å². The number of ether oxygens (including phenoxy) is 1. The second-order valence-electron chi connectivity index (χ2n) is 5.90. The van der Waals surface area contributed by atoms with Gasteiger partial charge in [0.15, 0.2) is 0 Å². The molecule has 0 unspecified atom stereocenters. The van der Waals surface area contributed by atoms with Crippen molar-refractivity contribution >= 4 is 40.0 Å². The molecule has 26 heavy (non-hydrogen) atoms. The second-order valence-corrected chi connectivity index (χ2v) is 7.98. The van der Waals surface area contributed by atoms with E-state index in [0.29, 0.717) is 23.6 Å². The van der Waals surface area contributed by atoms with Gasteiger partial charge < -0.3 is 9.15 Å². The molecule has 0 bridgehead atoms. The fourth-order valence-electron chi connectivity index (χ4n) is 2.54. The van der Waals surface area contributed by atoms with Crippen LogP contribution in [0.4, 0.5) is 0 Å². The normalized spacial score (nSPS) is 11.0. The van der Waals surface area contributed by atoms with Crippen molar-refractivity contribution in [3.63, 3.8) is 0 Å². The van der Waals surface area contributed by atoms with Crippen LogP contribution in [-0.2, 0) is 21.7 Å². The zero-order valence-corrected chi connectivity index (χ0v) is 16.5. The van der Waals surface area contributed by atoms with Gasteiger partial charge in [0.2, 0.25) is 0 Å². The van der Waals surface area contributed by atoms with Gasteiger partial charge in [-0.05, 0) is 49.6 Å². The van der Waals surface area contributed by atoms with Gasteiger partial charge in [-0.3, -0.25) is 4.79 Å². The molecule has 0 aliphatic heterocycles. The monoisotopic (exact) mass is 389 g/mol. The molecule has 0 fully saturated rings. The Hall–Kier alpha value is -2.12. The standard InChI is InChI=1S/C19H19NO4S2/c1-4-23-17(21)8-14-10-26-19(20-14)25-9-13-7-18(22)24-16-6-12(3)11(2)5-15(13)16/h5-7,10H,4,8-9H2,1-3H3. The lowest BCUT2D eigenvalue weighted by Gasteiger charge is -2.07. The number of fused-ring (bicyclic) bond motifs is 1. The molecule has 7 heteroatoms. The Bertz CT molecular complexity index is 1010. The summed E-state index contributed by atoms with van der Waals surface area (Å²) in [4.78, 5) is 27.9. The Morgan fingerprint density at radius 1 is 1.27 bits per heavy atom. The highest BCUT2D eigenvalue weighted by atomic mass is 32.2. The first-order valence-electron chi connectivity index (χ1n) is 8.23. The Kier molecular flexibility index (Phi) is 5.78. The number of thiazole rings is 1. The summed E-state index contributed by atoms with van der Waals surface area (Å²) in [5.74, 6) is 0.337. The van der Waals surface area contributed by atoms with E-state index in [2.05, 4.69) is 11.1 Å². The molecule has 0 saturated heterocycles. The van der Waals surface area contributed by atoms with Gasteiger partial charge in [-0.15, -0.1) is 11.3 Å². The number of aromatic nitrogens is 1. The molecule has 0 amide bonds. The van der Waals surface area contributed by atoms with Crippen LogP contribution in [0, 0.1) is 13.8 Å². The maximum Gasteiger partial charge on any atom is 0.336 e. The zero-order chi connectivity index (χ0) is 18.7. The number of benzene rings is 1. The lowest BCUT2D eigenvalue weighted by atomic mass is 10.0. The number of aryl methyl sites for hydroxylation is 2. The number of hydrogen-bond acceptors (Lipinski definition) is 7. The molecule has 0 N–H and O–H groups in total. The predicted molar refractivity (Wildman–Crippen MR) is 104 cm³/mol. The Labute approximate surface area is 159 Å². The van der Waals surface area contributed by atoms with Crippen molar-refractivity contribution < 1.29 is 13.9 Å². The van der Waals surface area contributed by atoms with E-state index in [9.17, 15) is 9.59 Å². The quantitative estimate of drug-likeness (QED) is 0.356. The van der Waals surface area contributed by atoms with E-state index in [1.54, 1.807) is 18.7 Å². The Morgan fingerprint density at radius 3 is 2.81 bits per heavy atom. The molecule has 1 aromatic carbocycles. The van der Waals surface area contributed by atoms with Crippen molar-refractivity contribution in [1.29, 1.82) is 0 Å². The number of thioether (sulfide) groups is 1. The van der Waals surface area contributed by atoms with E-state index in [4.69, 9.17) is 9.15 Å². The average molecular weight is 389 g/mol. The number of rotatable bonds is 6. The number of nitrogens with zero attached hydrogens (tertiary/aromatic N) is 1. The number of hydrogen-bond donors (Lipinski definition) is 0. The van der Waals surface area contributed by atoms with Crippen LogP contribution in [0.5, 0.6) is 0 Å². The summed E-state index contributed by atoms with van der Waals surface area (Å²) in [6, 6.07) is 5.50. The minimum Gasteiger partial charge on any atom is -0.466 e. The maximum absolute atomic E-state index is 11.9. The van der Waals surface area contributed by atoms with E-state index >= 15 is 0 Å². The summed E-state index contributed by atoms with van der Waals surface area (Å²) in [6.45, 7) is 6.19. The van der Waals surface area contributed by atoms with Gasteiger partial charge in [0, 0.05) is 22.6 Å². The van der Waals surface area contributed by atoms with Gasteiger partial charge in [-0.1, -0.05) is 11.8 Å². The van der Waals surface area contributed by atoms with E-state index in [0.717, 1.165) is 26.4 Å². The van der Waals surface area contributed by atoms with E-state index < -0.39 is 0 Å². The predicted octanol–water partition coefficient (Wildman–Crippen LogP) is 4.26. The van der Waals surface area contributed by atoms with Crippen molar-refractivity contribution in [3.05, 3.63) is 56.4 Å². The first-order valence-corrected chi connectivity index (χ1v) is 10.1. The highest BCUT2D eigenvalue weighted by molar-refractivity contribution is 8.00. The van der Waals surface area contributed by atoms with Gasteiger partial charge in [0.05, 0.1) is 18.7 Å². The average Bonchev–Trinajstić information content (AvgIpc) is 3.02. The Morgan fingerprint density at radius 2 is 2.04 bits per heavy atom. The summed E-state index contributed by atoms with van der Waals surface area (Å²) in [5, 5.41) is 2.81. The van der Waals surface area contributed by atoms with Crippen molar-refractivity contribution in [3.8, 4) is 0 Å². The Balaban J connectivity index is 1.78. The van der Waals surface area contributed by atoms with Gasteiger partial charge in [-0.2, -0.15) is 0 Å². The minimum atomic E-state index is -0.349. The fourth-order valence-corrected chi connectivity index (χ4v) is 4.37. The molecule has 2 heterocycles. The minimum absolute atomic E-state index is 0.182. The number of carbonyl (C=O) groups is 1. The first kappa shape index (κ1) is 18.7. The molecule has 3 aromatic rings. The van der Waals surface area contributed by atoms with Gasteiger partial charge in [-0.25, -0.2) is 9.78 Å². The molecule has 0 radical (unpaired) electrons. The van der Waals surface area contributed by atoms with Gasteiger partial charge in [0.1, 0.15) is 9.92 Å². The largest absolute Gasteiger partial charge is 0.466 e. The summed E-state index contributed by atoms with van der Waals surface area (Å²) in [7, 11) is 0. The van der Waals surface area contributed by atoms with Crippen molar-refractivity contribution in [2.75, 3.05) is 6.61 Å². The van der Waals surface area contributed by atoms with Crippen LogP contribution in [0.25, 0.3) is 11.0 Å². The lowest BCUT2D eigenvalue weighted by Crippen LogP contribution is -2.07. The molecule has 0 spiro atoms. The summed E-state index contributed by atoms with van der Waals surface area (Å²) >= 11 is 3.03. The first-order chi connectivity index (χ1) is 12.5. The fraction of sp³-hybridized carbons (Fsp3) is 0.316. The van der Waals surface area contributed by atoms with Crippen LogP contribution in [-0.4, -0.2) is 17.6 Å². The number of esters is 1. The third-order valence-electron chi connectivity index (χ3n) is 3.96. The molecule has 0 atom stereocenters.